The van der Waals surface area contributed by atoms with Crippen LogP contribution in [0.25, 0.3) is 32.2 Å². The monoisotopic (exact) mass is 502 g/mol. The Morgan fingerprint density at radius 2 is 1.91 bits per heavy atom. The highest BCUT2D eigenvalue weighted by molar-refractivity contribution is 7.99. The van der Waals surface area contributed by atoms with Gasteiger partial charge in [0.1, 0.15) is 10.8 Å². The Kier molecular flexibility index (Phi) is 6.39. The summed E-state index contributed by atoms with van der Waals surface area (Å²) in [5.41, 5.74) is 4.65. The van der Waals surface area contributed by atoms with Crippen LogP contribution in [0.5, 0.6) is 5.75 Å². The molecule has 0 radical (unpaired) electrons. The number of nitrogens with two attached hydrogens (primary N) is 1. The highest BCUT2D eigenvalue weighted by Crippen LogP contribution is 2.32. The van der Waals surface area contributed by atoms with Crippen molar-refractivity contribution in [1.82, 2.24) is 19.9 Å². The fourth-order valence-electron chi connectivity index (χ4n) is 3.57. The first-order chi connectivity index (χ1) is 17.0. The number of rotatable bonds is 7. The van der Waals surface area contributed by atoms with Gasteiger partial charge in [0.05, 0.1) is 28.6 Å². The Morgan fingerprint density at radius 1 is 1.11 bits per heavy atom. The summed E-state index contributed by atoms with van der Waals surface area (Å²) in [7, 11) is 1.59. The van der Waals surface area contributed by atoms with Gasteiger partial charge in [-0.2, -0.15) is 0 Å². The number of para-hydroxylation sites is 1. The number of nitrogen functional groups attached to an aromatic ring is 1. The van der Waals surface area contributed by atoms with Crippen LogP contribution in [0, 0.1) is 6.92 Å². The Labute approximate surface area is 210 Å². The van der Waals surface area contributed by atoms with E-state index in [2.05, 4.69) is 34.6 Å². The minimum Gasteiger partial charge on any atom is -0.496 e. The van der Waals surface area contributed by atoms with E-state index in [1.807, 2.05) is 54.6 Å². The van der Waals surface area contributed by atoms with Crippen molar-refractivity contribution in [3.05, 3.63) is 72.3 Å². The second kappa shape index (κ2) is 9.77. The van der Waals surface area contributed by atoms with Crippen LogP contribution in [-0.4, -0.2) is 38.6 Å². The van der Waals surface area contributed by atoms with Gasteiger partial charge < -0.3 is 15.9 Å². The zero-order valence-corrected chi connectivity index (χ0v) is 20.7. The molecule has 0 atom stereocenters. The molecule has 0 saturated carbocycles. The van der Waals surface area contributed by atoms with Crippen molar-refractivity contribution in [3.63, 3.8) is 0 Å². The number of methoxy groups -OCH3 is 1. The maximum absolute atomic E-state index is 12.5. The number of ether oxygens (including phenoxy) is 1. The van der Waals surface area contributed by atoms with E-state index in [1.165, 1.54) is 22.0 Å². The molecule has 35 heavy (non-hydrogen) atoms. The lowest BCUT2D eigenvalue weighted by molar-refractivity contribution is -0.113. The third-order valence-corrected chi connectivity index (χ3v) is 7.31. The average Bonchev–Trinajstić information content (AvgIpc) is 3.46. The largest absolute Gasteiger partial charge is 0.496 e. The number of nitrogens with one attached hydrogen (secondary N) is 1. The van der Waals surface area contributed by atoms with E-state index >= 15 is 0 Å². The average molecular weight is 503 g/mol. The zero-order chi connectivity index (χ0) is 24.4. The van der Waals surface area contributed by atoms with Gasteiger partial charge in [0, 0.05) is 11.3 Å². The number of nitrogens with zero attached hydrogens (tertiary/aromatic N) is 4. The van der Waals surface area contributed by atoms with Crippen LogP contribution in [0.2, 0.25) is 0 Å². The SMILES string of the molecule is COc1ccccc1-c1nnc(SCC(=O)Nc2ccc(-c3nc4ccc(C)cc4s3)cc2)n1N. The molecule has 1 amide bonds. The fourth-order valence-corrected chi connectivity index (χ4v) is 5.29. The number of hydrogen-bond donors (Lipinski definition) is 2. The molecule has 3 aromatic carbocycles. The molecule has 0 aliphatic rings. The number of anilines is 1. The molecule has 8 nitrogen and oxygen atoms in total. The van der Waals surface area contributed by atoms with E-state index < -0.39 is 0 Å². The second-order valence-electron chi connectivity index (χ2n) is 7.78. The number of benzene rings is 3. The number of thiazole rings is 1. The number of hydrogen-bond acceptors (Lipinski definition) is 8. The van der Waals surface area contributed by atoms with Gasteiger partial charge in [0.15, 0.2) is 5.82 Å². The zero-order valence-electron chi connectivity index (χ0n) is 19.1. The van der Waals surface area contributed by atoms with E-state index in [9.17, 15) is 4.79 Å². The molecule has 0 fully saturated rings. The molecule has 0 bridgehead atoms. The van der Waals surface area contributed by atoms with E-state index in [1.54, 1.807) is 18.4 Å². The van der Waals surface area contributed by atoms with Gasteiger partial charge in [-0.3, -0.25) is 4.79 Å². The summed E-state index contributed by atoms with van der Waals surface area (Å²) in [6.45, 7) is 2.07. The lowest BCUT2D eigenvalue weighted by Crippen LogP contribution is -2.16. The third-order valence-electron chi connectivity index (χ3n) is 5.30. The number of thioether (sulfide) groups is 1. The molecule has 0 spiro atoms. The quantitative estimate of drug-likeness (QED) is 0.239. The van der Waals surface area contributed by atoms with E-state index in [-0.39, 0.29) is 11.7 Å². The van der Waals surface area contributed by atoms with Crippen LogP contribution in [-0.2, 0) is 4.79 Å². The Hall–Kier alpha value is -3.89. The van der Waals surface area contributed by atoms with Crippen molar-refractivity contribution in [2.24, 2.45) is 0 Å². The van der Waals surface area contributed by atoms with Crippen molar-refractivity contribution >= 4 is 44.9 Å². The number of fused-ring (bicyclic) bond motifs is 1. The Bertz CT molecular complexity index is 1510. The third kappa shape index (κ3) is 4.84. The Morgan fingerprint density at radius 3 is 2.71 bits per heavy atom. The van der Waals surface area contributed by atoms with Gasteiger partial charge in [-0.05, 0) is 61.0 Å². The highest BCUT2D eigenvalue weighted by atomic mass is 32.2. The molecule has 2 aromatic heterocycles. The minimum atomic E-state index is -0.167. The van der Waals surface area contributed by atoms with Crippen molar-refractivity contribution in [2.75, 3.05) is 24.0 Å². The molecule has 0 aliphatic carbocycles. The number of amides is 1. The summed E-state index contributed by atoms with van der Waals surface area (Å²) >= 11 is 2.87. The molecular formula is C25H22N6O2S2. The topological polar surface area (TPSA) is 108 Å². The van der Waals surface area contributed by atoms with Crippen LogP contribution in [0.4, 0.5) is 5.69 Å². The molecule has 5 rings (SSSR count). The first kappa shape index (κ1) is 22.9. The summed E-state index contributed by atoms with van der Waals surface area (Å²) < 4.78 is 7.90. The van der Waals surface area contributed by atoms with Crippen LogP contribution in [0.15, 0.2) is 71.9 Å². The molecular weight excluding hydrogens is 480 g/mol. The summed E-state index contributed by atoms with van der Waals surface area (Å²) in [5, 5.41) is 12.6. The van der Waals surface area contributed by atoms with E-state index in [0.717, 1.165) is 26.4 Å². The predicted octanol–water partition coefficient (Wildman–Crippen LogP) is 4.98. The van der Waals surface area contributed by atoms with E-state index in [0.29, 0.717) is 22.4 Å². The van der Waals surface area contributed by atoms with Gasteiger partial charge in [0.25, 0.3) is 0 Å². The minimum absolute atomic E-state index is 0.139. The number of aromatic nitrogens is 4. The predicted molar refractivity (Wildman–Crippen MR) is 141 cm³/mol. The highest BCUT2D eigenvalue weighted by Gasteiger charge is 2.17. The molecule has 2 heterocycles. The normalized spacial score (nSPS) is 11.0. The second-order valence-corrected chi connectivity index (χ2v) is 9.75. The lowest BCUT2D eigenvalue weighted by atomic mass is 10.2. The molecule has 0 aliphatic heterocycles. The van der Waals surface area contributed by atoms with Crippen molar-refractivity contribution in [3.8, 4) is 27.7 Å². The van der Waals surface area contributed by atoms with Gasteiger partial charge >= 0.3 is 0 Å². The molecule has 0 saturated heterocycles. The van der Waals surface area contributed by atoms with Crippen molar-refractivity contribution in [2.45, 2.75) is 12.1 Å². The number of aryl methyl sites for hydroxylation is 1. The maximum atomic E-state index is 12.5. The number of carbonyl (C=O) groups excluding carboxylic acids is 1. The summed E-state index contributed by atoms with van der Waals surface area (Å²) in [6.07, 6.45) is 0. The smallest absolute Gasteiger partial charge is 0.234 e. The fraction of sp³-hybridized carbons (Fsp3) is 0.120. The maximum Gasteiger partial charge on any atom is 0.234 e. The Balaban J connectivity index is 1.22. The first-order valence-corrected chi connectivity index (χ1v) is 12.6. The molecule has 0 unspecified atom stereocenters. The van der Waals surface area contributed by atoms with E-state index in [4.69, 9.17) is 15.6 Å². The lowest BCUT2D eigenvalue weighted by Gasteiger charge is -2.08. The van der Waals surface area contributed by atoms with Crippen LogP contribution >= 0.6 is 23.1 Å². The summed E-state index contributed by atoms with van der Waals surface area (Å²) in [5.74, 6) is 7.26. The molecule has 5 aromatic rings. The molecule has 10 heteroatoms. The van der Waals surface area contributed by atoms with Gasteiger partial charge in [0.2, 0.25) is 11.1 Å². The summed E-state index contributed by atoms with van der Waals surface area (Å²) in [6, 6.07) is 21.3. The number of carbonyl (C=O) groups is 1. The molecule has 3 N–H and O–H groups in total. The molecule has 176 valence electrons. The van der Waals surface area contributed by atoms with Gasteiger partial charge in [-0.15, -0.1) is 21.5 Å². The van der Waals surface area contributed by atoms with Crippen LogP contribution < -0.4 is 15.9 Å². The standard InChI is InChI=1S/C25H22N6O2S2/c1-15-7-12-19-21(13-15)35-24(28-19)16-8-10-17(11-9-16)27-22(32)14-34-25-30-29-23(31(25)26)18-5-3-4-6-20(18)33-2/h3-13H,14,26H2,1-2H3,(H,27,32). The van der Waals surface area contributed by atoms with Crippen LogP contribution in [0.3, 0.4) is 0 Å². The summed E-state index contributed by atoms with van der Waals surface area (Å²) in [4.78, 5) is 17.2. The van der Waals surface area contributed by atoms with Crippen molar-refractivity contribution in [1.29, 1.82) is 0 Å². The first-order valence-electron chi connectivity index (χ1n) is 10.8. The van der Waals surface area contributed by atoms with Gasteiger partial charge in [-0.1, -0.05) is 30.0 Å². The van der Waals surface area contributed by atoms with Crippen molar-refractivity contribution < 1.29 is 9.53 Å². The van der Waals surface area contributed by atoms with Crippen LogP contribution in [0.1, 0.15) is 5.56 Å². The van der Waals surface area contributed by atoms with Gasteiger partial charge in [-0.25, -0.2) is 9.66 Å².